The van der Waals surface area contributed by atoms with Crippen LogP contribution in [0.5, 0.6) is 11.5 Å². The molecule has 6 aromatic carbocycles. The minimum absolute atomic E-state index is 0.727. The molecule has 0 radical (unpaired) electrons. The van der Waals surface area contributed by atoms with Gasteiger partial charge in [0.2, 0.25) is 5.96 Å². The van der Waals surface area contributed by atoms with Crippen molar-refractivity contribution >= 4 is 34.2 Å². The Labute approximate surface area is 301 Å². The second kappa shape index (κ2) is 12.4. The van der Waals surface area contributed by atoms with E-state index in [4.69, 9.17) is 9.73 Å². The molecule has 4 heterocycles. The van der Waals surface area contributed by atoms with Crippen LogP contribution in [0.1, 0.15) is 0 Å². The summed E-state index contributed by atoms with van der Waals surface area (Å²) in [6.07, 6.45) is 5.57. The zero-order chi connectivity index (χ0) is 34.4. The summed E-state index contributed by atoms with van der Waals surface area (Å²) in [5.74, 6) is 3.20. The van der Waals surface area contributed by atoms with Gasteiger partial charge in [0, 0.05) is 18.8 Å². The van der Waals surface area contributed by atoms with Gasteiger partial charge in [-0.05, 0) is 64.7 Å². The van der Waals surface area contributed by atoms with Crippen LogP contribution in [-0.4, -0.2) is 28.6 Å². The number of nitrogens with zero attached hydrogens (tertiary/aromatic N) is 6. The summed E-state index contributed by atoms with van der Waals surface area (Å²) >= 11 is 0. The van der Waals surface area contributed by atoms with Crippen LogP contribution in [0.25, 0.3) is 44.7 Å². The molecule has 0 N–H and O–H groups in total. The fraction of sp³-hybridized carbons (Fsp3) is 0.0444. The lowest BCUT2D eigenvalue weighted by molar-refractivity contribution is -0.571. The van der Waals surface area contributed by atoms with Gasteiger partial charge < -0.3 is 9.64 Å². The zero-order valence-corrected chi connectivity index (χ0v) is 28.2. The van der Waals surface area contributed by atoms with E-state index in [-0.39, 0.29) is 0 Å². The van der Waals surface area contributed by atoms with Crippen molar-refractivity contribution in [2.45, 2.75) is 0 Å². The van der Waals surface area contributed by atoms with Gasteiger partial charge in [-0.25, -0.2) is 4.98 Å². The number of aliphatic imine (C=N–C) groups is 1. The summed E-state index contributed by atoms with van der Waals surface area (Å²) in [4.78, 5) is 13.8. The molecule has 0 aliphatic carbocycles. The molecule has 7 heteroatoms. The van der Waals surface area contributed by atoms with E-state index in [9.17, 15) is 0 Å². The fourth-order valence-electron chi connectivity index (χ4n) is 7.37. The van der Waals surface area contributed by atoms with Gasteiger partial charge in [-0.15, -0.1) is 0 Å². The van der Waals surface area contributed by atoms with E-state index < -0.39 is 0 Å². The molecular formula is C45H32N6O. The number of hydrogen-bond acceptors (Lipinski definition) is 5. The molecule has 0 bridgehead atoms. The fourth-order valence-corrected chi connectivity index (χ4v) is 7.37. The normalized spacial score (nSPS) is 13.3. The highest BCUT2D eigenvalue weighted by Crippen LogP contribution is 2.45. The first kappa shape index (κ1) is 29.9. The van der Waals surface area contributed by atoms with Crippen molar-refractivity contribution in [2.75, 3.05) is 22.9 Å². The van der Waals surface area contributed by atoms with Gasteiger partial charge in [-0.1, -0.05) is 115 Å². The molecular weight excluding hydrogens is 641 g/mol. The average molecular weight is 673 g/mol. The summed E-state index contributed by atoms with van der Waals surface area (Å²) < 4.78 is 10.9. The van der Waals surface area contributed by atoms with Gasteiger partial charge in [-0.3, -0.25) is 19.0 Å². The minimum Gasteiger partial charge on any atom is -0.458 e. The van der Waals surface area contributed by atoms with Crippen LogP contribution in [0.3, 0.4) is 0 Å². The number of aromatic nitrogens is 3. The molecule has 2 aliphatic rings. The first-order valence-electron chi connectivity index (χ1n) is 17.4. The highest BCUT2D eigenvalue weighted by Gasteiger charge is 2.37. The second-order valence-corrected chi connectivity index (χ2v) is 12.8. The predicted octanol–water partition coefficient (Wildman–Crippen LogP) is 9.56. The lowest BCUT2D eigenvalue weighted by Crippen LogP contribution is -2.32. The largest absolute Gasteiger partial charge is 0.458 e. The molecule has 10 rings (SSSR count). The summed E-state index contributed by atoms with van der Waals surface area (Å²) in [6, 6.07) is 56.5. The highest BCUT2D eigenvalue weighted by molar-refractivity contribution is 6.20. The Morgan fingerprint density at radius 3 is 2.10 bits per heavy atom. The number of fused-ring (bicyclic) bond motifs is 4. The first-order chi connectivity index (χ1) is 25.8. The molecule has 0 atom stereocenters. The van der Waals surface area contributed by atoms with Crippen molar-refractivity contribution in [1.82, 2.24) is 9.55 Å². The zero-order valence-electron chi connectivity index (χ0n) is 28.2. The quantitative estimate of drug-likeness (QED) is 0.125. The summed E-state index contributed by atoms with van der Waals surface area (Å²) in [6.45, 7) is 1.61. The van der Waals surface area contributed by atoms with Gasteiger partial charge in [0.15, 0.2) is 0 Å². The molecule has 0 unspecified atom stereocenters. The number of benzene rings is 6. The SMILES string of the molecule is [c-]1n(-c2cccc(Oc3ccc4c(c3)N(c3ccccn3)C3=NCCN34)c2)c2ccccc2[n+]1-c1c(-c2ccccc2)cccc1-c1ccccc1. The van der Waals surface area contributed by atoms with Crippen LogP contribution < -0.4 is 19.1 Å². The van der Waals surface area contributed by atoms with Crippen LogP contribution in [0.15, 0.2) is 175 Å². The Bertz CT molecular complexity index is 2560. The molecule has 2 aromatic heterocycles. The molecule has 0 amide bonds. The lowest BCUT2D eigenvalue weighted by atomic mass is 9.95. The first-order valence-corrected chi connectivity index (χ1v) is 17.4. The Morgan fingerprint density at radius 2 is 1.33 bits per heavy atom. The molecule has 248 valence electrons. The number of guanidine groups is 1. The van der Waals surface area contributed by atoms with E-state index in [2.05, 4.69) is 158 Å². The van der Waals surface area contributed by atoms with Crippen molar-refractivity contribution < 1.29 is 9.30 Å². The van der Waals surface area contributed by atoms with E-state index in [0.717, 1.165) is 92.4 Å². The number of anilines is 3. The van der Waals surface area contributed by atoms with Crippen LogP contribution >= 0.6 is 0 Å². The Kier molecular flexibility index (Phi) is 7.13. The molecule has 0 saturated heterocycles. The van der Waals surface area contributed by atoms with Crippen LogP contribution in [0, 0.1) is 6.33 Å². The van der Waals surface area contributed by atoms with Crippen LogP contribution in [-0.2, 0) is 0 Å². The smallest absolute Gasteiger partial charge is 0.269 e. The molecule has 0 saturated carbocycles. The van der Waals surface area contributed by atoms with Gasteiger partial charge in [0.25, 0.3) is 6.33 Å². The van der Waals surface area contributed by atoms with E-state index in [1.165, 1.54) is 0 Å². The van der Waals surface area contributed by atoms with Gasteiger partial charge >= 0.3 is 0 Å². The molecule has 0 spiro atoms. The molecule has 7 nitrogen and oxygen atoms in total. The standard InChI is InChI=1S/C45H32N6O/c1-3-13-32(14-4-1)37-19-12-20-38(33-15-5-2-6-16-33)44(37)50-31-49(39-21-7-8-22-40(39)50)34-17-11-18-35(29-34)52-36-24-25-41-42(30-36)51(43-23-9-10-26-46-43)45-47-27-28-48(41)45/h1-26,29-30H,27-28H2. The number of hydrogen-bond donors (Lipinski definition) is 0. The average Bonchev–Trinajstić information content (AvgIpc) is 3.92. The maximum absolute atomic E-state index is 6.59. The van der Waals surface area contributed by atoms with Gasteiger partial charge in [0.1, 0.15) is 17.3 Å². The van der Waals surface area contributed by atoms with E-state index >= 15 is 0 Å². The number of pyridine rings is 1. The minimum atomic E-state index is 0.727. The maximum atomic E-state index is 6.59. The molecule has 52 heavy (non-hydrogen) atoms. The number of rotatable bonds is 7. The summed E-state index contributed by atoms with van der Waals surface area (Å²) in [5, 5.41) is 0. The maximum Gasteiger partial charge on any atom is 0.269 e. The molecule has 2 aliphatic heterocycles. The van der Waals surface area contributed by atoms with E-state index in [1.807, 2.05) is 42.6 Å². The van der Waals surface area contributed by atoms with Crippen LogP contribution in [0.4, 0.5) is 17.2 Å². The Hall–Kier alpha value is -6.99. The van der Waals surface area contributed by atoms with Crippen molar-refractivity contribution in [1.29, 1.82) is 0 Å². The Morgan fingerprint density at radius 1 is 0.615 bits per heavy atom. The Balaban J connectivity index is 1.07. The third-order valence-corrected chi connectivity index (χ3v) is 9.68. The van der Waals surface area contributed by atoms with Gasteiger partial charge in [-0.2, -0.15) is 0 Å². The number of imidazole rings is 1. The van der Waals surface area contributed by atoms with Crippen molar-refractivity contribution in [3.63, 3.8) is 0 Å². The second-order valence-electron chi connectivity index (χ2n) is 12.8. The molecule has 8 aromatic rings. The van der Waals surface area contributed by atoms with Crippen molar-refractivity contribution in [2.24, 2.45) is 4.99 Å². The van der Waals surface area contributed by atoms with E-state index in [0.29, 0.717) is 0 Å². The molecule has 0 fully saturated rings. The van der Waals surface area contributed by atoms with E-state index in [1.54, 1.807) is 0 Å². The van der Waals surface area contributed by atoms with Crippen molar-refractivity contribution in [3.8, 4) is 45.1 Å². The number of ether oxygens (including phenoxy) is 1. The topological polar surface area (TPSA) is 49.8 Å². The third-order valence-electron chi connectivity index (χ3n) is 9.68. The monoisotopic (exact) mass is 672 g/mol. The van der Waals surface area contributed by atoms with Crippen molar-refractivity contribution in [3.05, 3.63) is 176 Å². The predicted molar refractivity (Wildman–Crippen MR) is 207 cm³/mol. The summed E-state index contributed by atoms with van der Waals surface area (Å²) in [5.41, 5.74) is 10.8. The third kappa shape index (κ3) is 5.02. The highest BCUT2D eigenvalue weighted by atomic mass is 16.5. The number of para-hydroxylation sites is 3. The lowest BCUT2D eigenvalue weighted by Gasteiger charge is -2.18. The van der Waals surface area contributed by atoms with Crippen LogP contribution in [0.2, 0.25) is 0 Å². The van der Waals surface area contributed by atoms with Gasteiger partial charge in [0.05, 0.1) is 40.3 Å². The summed E-state index contributed by atoms with van der Waals surface area (Å²) in [7, 11) is 0.